The molecule has 1 aromatic heterocycles. The fourth-order valence-corrected chi connectivity index (χ4v) is 3.44. The molecule has 1 heterocycles. The van der Waals surface area contributed by atoms with Gasteiger partial charge in [-0.1, -0.05) is 6.07 Å². The molecule has 0 N–H and O–H groups in total. The van der Waals surface area contributed by atoms with Crippen LogP contribution in [0, 0.1) is 23.2 Å². The van der Waals surface area contributed by atoms with Crippen molar-refractivity contribution < 1.29 is 9.53 Å². The molecule has 0 radical (unpaired) electrons. The highest BCUT2D eigenvalue weighted by atomic mass is 16.5. The Kier molecular flexibility index (Phi) is 4.15. The minimum atomic E-state index is -0.0662. The summed E-state index contributed by atoms with van der Waals surface area (Å²) < 4.78 is 7.07. The summed E-state index contributed by atoms with van der Waals surface area (Å²) >= 11 is 0. The SMILES string of the molecule is COC(=O)C1CCC(Cn2ccc3ccc(C#N)cc32)CC1. The van der Waals surface area contributed by atoms with Crippen LogP contribution in [0.3, 0.4) is 0 Å². The normalized spacial score (nSPS) is 21.5. The number of esters is 1. The molecule has 0 bridgehead atoms. The lowest BCUT2D eigenvalue weighted by Crippen LogP contribution is -2.24. The average molecular weight is 296 g/mol. The zero-order chi connectivity index (χ0) is 15.5. The molecule has 1 fully saturated rings. The Labute approximate surface area is 130 Å². The van der Waals surface area contributed by atoms with Crippen LogP contribution < -0.4 is 0 Å². The minimum Gasteiger partial charge on any atom is -0.469 e. The van der Waals surface area contributed by atoms with Gasteiger partial charge in [-0.25, -0.2) is 0 Å². The summed E-state index contributed by atoms with van der Waals surface area (Å²) in [5.41, 5.74) is 1.82. The fourth-order valence-electron chi connectivity index (χ4n) is 3.44. The van der Waals surface area contributed by atoms with Crippen LogP contribution in [0.2, 0.25) is 0 Å². The topological polar surface area (TPSA) is 55.0 Å². The second-order valence-corrected chi connectivity index (χ2v) is 6.09. The van der Waals surface area contributed by atoms with Crippen LogP contribution in [-0.4, -0.2) is 17.6 Å². The van der Waals surface area contributed by atoms with Crippen LogP contribution in [0.15, 0.2) is 30.5 Å². The maximum absolute atomic E-state index is 11.6. The molecule has 2 aromatic rings. The first kappa shape index (κ1) is 14.6. The van der Waals surface area contributed by atoms with Crippen LogP contribution in [0.25, 0.3) is 10.9 Å². The van der Waals surface area contributed by atoms with Gasteiger partial charge in [0, 0.05) is 18.3 Å². The van der Waals surface area contributed by atoms with E-state index >= 15 is 0 Å². The molecule has 0 spiro atoms. The number of hydrogen-bond acceptors (Lipinski definition) is 3. The van der Waals surface area contributed by atoms with Gasteiger partial charge in [-0.3, -0.25) is 4.79 Å². The second kappa shape index (κ2) is 6.23. The number of fused-ring (bicyclic) bond motifs is 1. The van der Waals surface area contributed by atoms with Gasteiger partial charge in [-0.05, 0) is 55.2 Å². The van der Waals surface area contributed by atoms with E-state index in [-0.39, 0.29) is 11.9 Å². The first-order valence-electron chi connectivity index (χ1n) is 7.78. The minimum absolute atomic E-state index is 0.0662. The van der Waals surface area contributed by atoms with Crippen LogP contribution in [0.1, 0.15) is 31.2 Å². The summed E-state index contributed by atoms with van der Waals surface area (Å²) in [6, 6.07) is 10.1. The molecule has 0 saturated heterocycles. The zero-order valence-electron chi connectivity index (χ0n) is 12.8. The molecule has 1 aromatic carbocycles. The molecule has 0 aliphatic heterocycles. The van der Waals surface area contributed by atoms with Crippen molar-refractivity contribution in [1.29, 1.82) is 5.26 Å². The van der Waals surface area contributed by atoms with E-state index in [4.69, 9.17) is 10.00 Å². The molecule has 114 valence electrons. The van der Waals surface area contributed by atoms with Gasteiger partial charge in [-0.15, -0.1) is 0 Å². The highest BCUT2D eigenvalue weighted by Gasteiger charge is 2.27. The van der Waals surface area contributed by atoms with E-state index in [1.807, 2.05) is 18.2 Å². The maximum Gasteiger partial charge on any atom is 0.308 e. The van der Waals surface area contributed by atoms with Crippen molar-refractivity contribution in [2.75, 3.05) is 7.11 Å². The van der Waals surface area contributed by atoms with Crippen molar-refractivity contribution in [3.8, 4) is 6.07 Å². The third kappa shape index (κ3) is 2.85. The number of carbonyl (C=O) groups excluding carboxylic acids is 1. The Morgan fingerprint density at radius 1 is 1.32 bits per heavy atom. The smallest absolute Gasteiger partial charge is 0.308 e. The average Bonchev–Trinajstić information content (AvgIpc) is 2.97. The second-order valence-electron chi connectivity index (χ2n) is 6.09. The van der Waals surface area contributed by atoms with E-state index in [0.29, 0.717) is 11.5 Å². The Morgan fingerprint density at radius 2 is 2.09 bits per heavy atom. The van der Waals surface area contributed by atoms with Crippen molar-refractivity contribution in [2.24, 2.45) is 11.8 Å². The van der Waals surface area contributed by atoms with E-state index in [2.05, 4.69) is 22.9 Å². The number of methoxy groups -OCH3 is 1. The van der Waals surface area contributed by atoms with Gasteiger partial charge in [-0.2, -0.15) is 5.26 Å². The quantitative estimate of drug-likeness (QED) is 0.815. The molecule has 22 heavy (non-hydrogen) atoms. The molecule has 0 amide bonds. The summed E-state index contributed by atoms with van der Waals surface area (Å²) in [5, 5.41) is 10.2. The monoisotopic (exact) mass is 296 g/mol. The summed E-state index contributed by atoms with van der Waals surface area (Å²) in [6.07, 6.45) is 6.03. The summed E-state index contributed by atoms with van der Waals surface area (Å²) in [7, 11) is 1.47. The van der Waals surface area contributed by atoms with Crippen molar-refractivity contribution >= 4 is 16.9 Å². The number of nitriles is 1. The third-order valence-electron chi connectivity index (χ3n) is 4.74. The van der Waals surface area contributed by atoms with E-state index < -0.39 is 0 Å². The molecular weight excluding hydrogens is 276 g/mol. The highest BCUT2D eigenvalue weighted by Crippen LogP contribution is 2.31. The molecule has 4 heteroatoms. The van der Waals surface area contributed by atoms with Crippen LogP contribution in [0.5, 0.6) is 0 Å². The lowest BCUT2D eigenvalue weighted by molar-refractivity contribution is -0.146. The summed E-state index contributed by atoms with van der Waals surface area (Å²) in [4.78, 5) is 11.6. The van der Waals surface area contributed by atoms with Gasteiger partial charge in [0.1, 0.15) is 0 Å². The van der Waals surface area contributed by atoms with Crippen molar-refractivity contribution in [3.63, 3.8) is 0 Å². The number of nitrogens with zero attached hydrogens (tertiary/aromatic N) is 2. The number of hydrogen-bond donors (Lipinski definition) is 0. The van der Waals surface area contributed by atoms with Crippen molar-refractivity contribution in [2.45, 2.75) is 32.2 Å². The predicted octanol–water partition coefficient (Wildman–Crippen LogP) is 3.49. The molecule has 1 saturated carbocycles. The zero-order valence-corrected chi connectivity index (χ0v) is 12.8. The predicted molar refractivity (Wildman–Crippen MR) is 84.1 cm³/mol. The number of ether oxygens (including phenoxy) is 1. The largest absolute Gasteiger partial charge is 0.469 e. The van der Waals surface area contributed by atoms with Gasteiger partial charge in [0.05, 0.1) is 24.7 Å². The van der Waals surface area contributed by atoms with E-state index in [0.717, 1.165) is 37.7 Å². The van der Waals surface area contributed by atoms with Gasteiger partial charge in [0.2, 0.25) is 0 Å². The number of rotatable bonds is 3. The van der Waals surface area contributed by atoms with Gasteiger partial charge >= 0.3 is 5.97 Å². The van der Waals surface area contributed by atoms with Crippen molar-refractivity contribution in [3.05, 3.63) is 36.0 Å². The molecule has 4 nitrogen and oxygen atoms in total. The Balaban J connectivity index is 1.70. The standard InChI is InChI=1S/C18H20N2O2/c1-22-18(21)16-6-2-13(3-7-16)12-20-9-8-15-5-4-14(11-19)10-17(15)20/h4-5,8-10,13,16H,2-3,6-7,12H2,1H3. The lowest BCUT2D eigenvalue weighted by Gasteiger charge is -2.27. The number of carbonyl (C=O) groups is 1. The molecule has 1 aliphatic carbocycles. The number of aromatic nitrogens is 1. The molecular formula is C18H20N2O2. The summed E-state index contributed by atoms with van der Waals surface area (Å²) in [5.74, 6) is 0.596. The molecule has 3 rings (SSSR count). The fraction of sp³-hybridized carbons (Fsp3) is 0.444. The van der Waals surface area contributed by atoms with E-state index in [1.165, 1.54) is 12.5 Å². The maximum atomic E-state index is 11.6. The first-order chi connectivity index (χ1) is 10.7. The van der Waals surface area contributed by atoms with E-state index in [1.54, 1.807) is 0 Å². The molecule has 0 atom stereocenters. The first-order valence-corrected chi connectivity index (χ1v) is 7.78. The van der Waals surface area contributed by atoms with Gasteiger partial charge in [0.15, 0.2) is 0 Å². The third-order valence-corrected chi connectivity index (χ3v) is 4.74. The van der Waals surface area contributed by atoms with Crippen LogP contribution in [0.4, 0.5) is 0 Å². The van der Waals surface area contributed by atoms with Gasteiger partial charge < -0.3 is 9.30 Å². The Morgan fingerprint density at radius 3 is 2.77 bits per heavy atom. The van der Waals surface area contributed by atoms with Crippen LogP contribution >= 0.6 is 0 Å². The summed E-state index contributed by atoms with van der Waals surface area (Å²) in [6.45, 7) is 0.951. The molecule has 1 aliphatic rings. The van der Waals surface area contributed by atoms with E-state index in [9.17, 15) is 4.79 Å². The molecule has 0 unspecified atom stereocenters. The van der Waals surface area contributed by atoms with Crippen molar-refractivity contribution in [1.82, 2.24) is 4.57 Å². The van der Waals surface area contributed by atoms with Crippen LogP contribution in [-0.2, 0) is 16.1 Å². The Hall–Kier alpha value is -2.28. The highest BCUT2D eigenvalue weighted by molar-refractivity contribution is 5.81. The lowest BCUT2D eigenvalue weighted by atomic mass is 9.82. The number of benzene rings is 1. The Bertz CT molecular complexity index is 718. The van der Waals surface area contributed by atoms with Gasteiger partial charge in [0.25, 0.3) is 0 Å².